The van der Waals surface area contributed by atoms with Crippen LogP contribution >= 0.6 is 7.92 Å². The van der Waals surface area contributed by atoms with Crippen molar-refractivity contribution < 1.29 is 0 Å². The third-order valence-electron chi connectivity index (χ3n) is 7.50. The van der Waals surface area contributed by atoms with E-state index >= 15 is 0 Å². The summed E-state index contributed by atoms with van der Waals surface area (Å²) >= 11 is 0. The molecular formula is C36H33N2P. The van der Waals surface area contributed by atoms with E-state index in [0.717, 1.165) is 42.4 Å². The van der Waals surface area contributed by atoms with Gasteiger partial charge in [0, 0.05) is 23.1 Å². The number of aryl methyl sites for hydroxylation is 2. The maximum atomic E-state index is 5.29. The van der Waals surface area contributed by atoms with Crippen LogP contribution in [0.25, 0.3) is 10.8 Å². The Morgan fingerprint density at radius 1 is 0.615 bits per heavy atom. The summed E-state index contributed by atoms with van der Waals surface area (Å²) < 4.78 is 0. The summed E-state index contributed by atoms with van der Waals surface area (Å²) in [6.07, 6.45) is 3.33. The lowest BCUT2D eigenvalue weighted by Crippen LogP contribution is -2.12. The van der Waals surface area contributed by atoms with Crippen molar-refractivity contribution in [2.24, 2.45) is 9.98 Å². The van der Waals surface area contributed by atoms with Gasteiger partial charge in [-0.1, -0.05) is 123 Å². The third-order valence-corrected chi connectivity index (χ3v) is 10.1. The molecule has 1 aliphatic carbocycles. The van der Waals surface area contributed by atoms with Gasteiger partial charge in [0.05, 0.1) is 17.1 Å². The molecule has 0 fully saturated rings. The predicted molar refractivity (Wildman–Crippen MR) is 170 cm³/mol. The second-order valence-electron chi connectivity index (χ2n) is 10.2. The SMILES string of the molecule is Cc1cccc(C)c1N=C1C(=NCCCP(Cc2ccccc2)c2ccccc2)c2cccc3cccc1c23. The Morgan fingerprint density at radius 3 is 1.92 bits per heavy atom. The molecule has 0 amide bonds. The second kappa shape index (κ2) is 11.5. The van der Waals surface area contributed by atoms with E-state index < -0.39 is 0 Å². The Hall–Kier alpha value is -3.87. The van der Waals surface area contributed by atoms with Crippen LogP contribution in [0.3, 0.4) is 0 Å². The van der Waals surface area contributed by atoms with Gasteiger partial charge in [-0.2, -0.15) is 0 Å². The van der Waals surface area contributed by atoms with E-state index in [4.69, 9.17) is 9.98 Å². The normalized spacial score (nSPS) is 15.3. The van der Waals surface area contributed by atoms with Crippen molar-refractivity contribution in [2.75, 3.05) is 12.7 Å². The summed E-state index contributed by atoms with van der Waals surface area (Å²) in [6, 6.07) is 41.4. The molecule has 1 unspecified atom stereocenters. The lowest BCUT2D eigenvalue weighted by atomic mass is 10.1. The molecule has 0 N–H and O–H groups in total. The van der Waals surface area contributed by atoms with Crippen molar-refractivity contribution in [3.8, 4) is 0 Å². The van der Waals surface area contributed by atoms with E-state index in [0.29, 0.717) is 0 Å². The Labute approximate surface area is 232 Å². The molecule has 5 aromatic carbocycles. The van der Waals surface area contributed by atoms with Gasteiger partial charge in [-0.05, 0) is 60.0 Å². The van der Waals surface area contributed by atoms with Gasteiger partial charge in [0.1, 0.15) is 0 Å². The topological polar surface area (TPSA) is 24.7 Å². The summed E-state index contributed by atoms with van der Waals surface area (Å²) in [5.41, 5.74) is 9.31. The molecule has 0 bridgehead atoms. The molecule has 0 spiro atoms. The number of nitrogens with zero attached hydrogens (tertiary/aromatic N) is 2. The Morgan fingerprint density at radius 2 is 1.23 bits per heavy atom. The molecule has 5 aromatic rings. The Balaban J connectivity index is 1.31. The molecule has 0 saturated carbocycles. The molecule has 2 nitrogen and oxygen atoms in total. The number of benzene rings is 5. The van der Waals surface area contributed by atoms with Crippen molar-refractivity contribution in [2.45, 2.75) is 26.4 Å². The number of para-hydroxylation sites is 1. The fourth-order valence-electron chi connectivity index (χ4n) is 5.55. The molecule has 6 rings (SSSR count). The minimum atomic E-state index is -0.296. The monoisotopic (exact) mass is 524 g/mol. The van der Waals surface area contributed by atoms with Crippen molar-refractivity contribution in [1.82, 2.24) is 0 Å². The quantitative estimate of drug-likeness (QED) is 0.143. The first-order valence-electron chi connectivity index (χ1n) is 13.8. The predicted octanol–water partition coefficient (Wildman–Crippen LogP) is 8.78. The fourth-order valence-corrected chi connectivity index (χ4v) is 7.92. The molecule has 0 radical (unpaired) electrons. The summed E-state index contributed by atoms with van der Waals surface area (Å²) in [5.74, 6) is 0. The van der Waals surface area contributed by atoms with E-state index in [9.17, 15) is 0 Å². The number of aliphatic imine (C=N–C) groups is 2. The first kappa shape index (κ1) is 25.4. The van der Waals surface area contributed by atoms with Gasteiger partial charge in [0.2, 0.25) is 0 Å². The molecule has 192 valence electrons. The number of hydrogen-bond acceptors (Lipinski definition) is 2. The van der Waals surface area contributed by atoms with Crippen LogP contribution in [-0.2, 0) is 6.16 Å². The highest BCUT2D eigenvalue weighted by Crippen LogP contribution is 2.39. The highest BCUT2D eigenvalue weighted by molar-refractivity contribution is 7.64. The summed E-state index contributed by atoms with van der Waals surface area (Å²) in [6.45, 7) is 5.08. The molecular weight excluding hydrogens is 491 g/mol. The third kappa shape index (κ3) is 5.35. The van der Waals surface area contributed by atoms with E-state index in [1.165, 1.54) is 43.9 Å². The summed E-state index contributed by atoms with van der Waals surface area (Å²) in [5, 5.41) is 4.00. The van der Waals surface area contributed by atoms with Gasteiger partial charge in [0.15, 0.2) is 0 Å². The van der Waals surface area contributed by atoms with E-state index in [1.807, 2.05) is 0 Å². The minimum absolute atomic E-state index is 0.296. The van der Waals surface area contributed by atoms with E-state index in [-0.39, 0.29) is 7.92 Å². The van der Waals surface area contributed by atoms with Crippen LogP contribution in [0.5, 0.6) is 0 Å². The van der Waals surface area contributed by atoms with Crippen LogP contribution in [0, 0.1) is 13.8 Å². The largest absolute Gasteiger partial charge is 0.282 e. The number of rotatable bonds is 8. The molecule has 0 heterocycles. The van der Waals surface area contributed by atoms with Gasteiger partial charge >= 0.3 is 0 Å². The van der Waals surface area contributed by atoms with Gasteiger partial charge in [-0.3, -0.25) is 4.99 Å². The Kier molecular flexibility index (Phi) is 7.48. The molecule has 39 heavy (non-hydrogen) atoms. The summed E-state index contributed by atoms with van der Waals surface area (Å²) in [4.78, 5) is 10.6. The van der Waals surface area contributed by atoms with Crippen LogP contribution in [0.1, 0.15) is 34.2 Å². The standard InChI is InChI=1S/C36H33N2P/c1-26-13-9-14-27(2)34(26)38-36-32-22-11-18-29-17-10-21-31(33(29)32)35(36)37-23-12-24-39(30-19-7-4-8-20-30)25-28-15-5-3-6-16-28/h3-11,13-22H,12,23-25H2,1-2H3. The zero-order valence-electron chi connectivity index (χ0n) is 22.6. The van der Waals surface area contributed by atoms with Crippen LogP contribution in [0.15, 0.2) is 125 Å². The fraction of sp³-hybridized carbons (Fsp3) is 0.167. The lowest BCUT2D eigenvalue weighted by molar-refractivity contribution is 0.940. The molecule has 0 saturated heterocycles. The first-order chi connectivity index (χ1) is 19.2. The highest BCUT2D eigenvalue weighted by atomic mass is 31.1. The van der Waals surface area contributed by atoms with Crippen molar-refractivity contribution >= 4 is 41.1 Å². The van der Waals surface area contributed by atoms with E-state index in [2.05, 4.69) is 129 Å². The van der Waals surface area contributed by atoms with Crippen LogP contribution < -0.4 is 5.30 Å². The lowest BCUT2D eigenvalue weighted by Gasteiger charge is -2.18. The molecule has 0 aliphatic heterocycles. The molecule has 1 atom stereocenters. The summed E-state index contributed by atoms with van der Waals surface area (Å²) in [7, 11) is -0.296. The maximum absolute atomic E-state index is 5.29. The smallest absolute Gasteiger partial charge is 0.0974 e. The van der Waals surface area contributed by atoms with Gasteiger partial charge in [-0.25, -0.2) is 4.99 Å². The zero-order valence-corrected chi connectivity index (χ0v) is 23.5. The highest BCUT2D eigenvalue weighted by Gasteiger charge is 2.27. The van der Waals surface area contributed by atoms with Crippen molar-refractivity contribution in [3.63, 3.8) is 0 Å². The Bertz CT molecular complexity index is 1640. The number of hydrogen-bond donors (Lipinski definition) is 0. The van der Waals surface area contributed by atoms with E-state index in [1.54, 1.807) is 0 Å². The molecule has 1 aliphatic rings. The van der Waals surface area contributed by atoms with Crippen molar-refractivity contribution in [3.05, 3.63) is 143 Å². The van der Waals surface area contributed by atoms with Gasteiger partial charge in [-0.15, -0.1) is 0 Å². The minimum Gasteiger partial charge on any atom is -0.282 e. The molecule has 3 heteroatoms. The van der Waals surface area contributed by atoms with Crippen molar-refractivity contribution in [1.29, 1.82) is 0 Å². The maximum Gasteiger partial charge on any atom is 0.0974 e. The van der Waals surface area contributed by atoms with Crippen LogP contribution in [-0.4, -0.2) is 24.1 Å². The average molecular weight is 525 g/mol. The van der Waals surface area contributed by atoms with Gasteiger partial charge in [0.25, 0.3) is 0 Å². The van der Waals surface area contributed by atoms with Crippen LogP contribution in [0.2, 0.25) is 0 Å². The van der Waals surface area contributed by atoms with Gasteiger partial charge < -0.3 is 0 Å². The average Bonchev–Trinajstić information content (AvgIpc) is 3.27. The molecule has 0 aromatic heterocycles. The van der Waals surface area contributed by atoms with Crippen LogP contribution in [0.4, 0.5) is 5.69 Å². The first-order valence-corrected chi connectivity index (χ1v) is 15.5. The zero-order chi connectivity index (χ0) is 26.6. The second-order valence-corrected chi connectivity index (χ2v) is 12.6.